The Kier molecular flexibility index (Phi) is 3.99. The van der Waals surface area contributed by atoms with Gasteiger partial charge in [0.1, 0.15) is 5.69 Å². The van der Waals surface area contributed by atoms with Gasteiger partial charge in [0.15, 0.2) is 11.5 Å². The average molecular weight is 327 g/mol. The van der Waals surface area contributed by atoms with Gasteiger partial charge in [0.25, 0.3) is 0 Å². The van der Waals surface area contributed by atoms with Crippen LogP contribution in [0.4, 0.5) is 5.88 Å². The van der Waals surface area contributed by atoms with Crippen LogP contribution in [0.3, 0.4) is 0 Å². The molecule has 0 fully saturated rings. The maximum Gasteiger partial charge on any atom is 0.222 e. The van der Waals surface area contributed by atoms with Crippen molar-refractivity contribution in [1.29, 1.82) is 0 Å². The van der Waals surface area contributed by atoms with Crippen molar-refractivity contribution in [3.63, 3.8) is 0 Å². The Bertz CT molecular complexity index is 596. The van der Waals surface area contributed by atoms with Gasteiger partial charge in [-0.3, -0.25) is 0 Å². The monoisotopic (exact) mass is 326 g/mol. The van der Waals surface area contributed by atoms with Crippen LogP contribution in [-0.2, 0) is 6.42 Å². The first-order valence-electron chi connectivity index (χ1n) is 5.78. The van der Waals surface area contributed by atoms with Crippen LogP contribution < -0.4 is 15.2 Å². The van der Waals surface area contributed by atoms with Crippen LogP contribution in [0, 0.1) is 0 Å². The molecule has 0 aliphatic carbocycles. The van der Waals surface area contributed by atoms with Gasteiger partial charge in [-0.1, -0.05) is 12.1 Å². The number of nitrogens with two attached hydrogens (primary N) is 1. The number of nitrogens with zero attached hydrogens (tertiary/aromatic N) is 1. The lowest BCUT2D eigenvalue weighted by Gasteiger charge is -2.16. The highest BCUT2D eigenvalue weighted by Gasteiger charge is 2.20. The molecule has 19 heavy (non-hydrogen) atoms. The second kappa shape index (κ2) is 5.52. The van der Waals surface area contributed by atoms with Crippen molar-refractivity contribution < 1.29 is 14.0 Å². The van der Waals surface area contributed by atoms with E-state index in [1.54, 1.807) is 20.3 Å². The van der Waals surface area contributed by atoms with Gasteiger partial charge < -0.3 is 19.7 Å². The van der Waals surface area contributed by atoms with Gasteiger partial charge in [-0.25, -0.2) is 0 Å². The van der Waals surface area contributed by atoms with Crippen molar-refractivity contribution in [2.75, 3.05) is 20.0 Å². The molecule has 0 atom stereocenters. The highest BCUT2D eigenvalue weighted by Crippen LogP contribution is 2.43. The van der Waals surface area contributed by atoms with Crippen LogP contribution in [0.5, 0.6) is 11.5 Å². The van der Waals surface area contributed by atoms with Gasteiger partial charge in [-0.15, -0.1) is 0 Å². The van der Waals surface area contributed by atoms with Gasteiger partial charge in [0.2, 0.25) is 5.88 Å². The van der Waals surface area contributed by atoms with E-state index in [2.05, 4.69) is 21.1 Å². The quantitative estimate of drug-likeness (QED) is 0.933. The lowest BCUT2D eigenvalue weighted by molar-refractivity contribution is 0.352. The highest BCUT2D eigenvalue weighted by atomic mass is 79.9. The molecular weight excluding hydrogens is 312 g/mol. The normalized spacial score (nSPS) is 10.5. The smallest absolute Gasteiger partial charge is 0.222 e. The van der Waals surface area contributed by atoms with E-state index in [0.717, 1.165) is 22.0 Å². The van der Waals surface area contributed by atoms with E-state index in [9.17, 15) is 0 Å². The molecule has 0 radical (unpaired) electrons. The summed E-state index contributed by atoms with van der Waals surface area (Å²) in [4.78, 5) is 0. The summed E-state index contributed by atoms with van der Waals surface area (Å²) in [5.74, 6) is 1.65. The molecule has 5 nitrogen and oxygen atoms in total. The van der Waals surface area contributed by atoms with Crippen LogP contribution in [0.2, 0.25) is 0 Å². The van der Waals surface area contributed by atoms with Gasteiger partial charge in [0, 0.05) is 21.7 Å². The Labute approximate surface area is 119 Å². The summed E-state index contributed by atoms with van der Waals surface area (Å²) in [5, 5.41) is 3.96. The molecule has 0 spiro atoms. The summed E-state index contributed by atoms with van der Waals surface area (Å²) >= 11 is 3.53. The molecule has 0 unspecified atom stereocenters. The molecule has 1 heterocycles. The number of anilines is 1. The molecule has 1 aromatic heterocycles. The molecule has 102 valence electrons. The molecule has 0 saturated heterocycles. The van der Waals surface area contributed by atoms with E-state index >= 15 is 0 Å². The second-order valence-electron chi connectivity index (χ2n) is 3.92. The van der Waals surface area contributed by atoms with Crippen molar-refractivity contribution in [2.45, 2.75) is 13.3 Å². The van der Waals surface area contributed by atoms with Crippen LogP contribution in [0.1, 0.15) is 12.5 Å². The van der Waals surface area contributed by atoms with Crippen LogP contribution in [-0.4, -0.2) is 19.4 Å². The maximum absolute atomic E-state index is 5.58. The van der Waals surface area contributed by atoms with Crippen molar-refractivity contribution in [3.05, 3.63) is 22.2 Å². The van der Waals surface area contributed by atoms with Gasteiger partial charge in [-0.2, -0.15) is 0 Å². The van der Waals surface area contributed by atoms with E-state index in [1.165, 1.54) is 0 Å². The number of hydrogen-bond acceptors (Lipinski definition) is 5. The van der Waals surface area contributed by atoms with Gasteiger partial charge in [0.05, 0.1) is 14.2 Å². The van der Waals surface area contributed by atoms with E-state index in [4.69, 9.17) is 19.7 Å². The summed E-state index contributed by atoms with van der Waals surface area (Å²) in [5.41, 5.74) is 8.14. The Morgan fingerprint density at radius 3 is 2.53 bits per heavy atom. The predicted molar refractivity (Wildman–Crippen MR) is 76.5 cm³/mol. The third kappa shape index (κ3) is 2.40. The number of nitrogen functional groups attached to an aromatic ring is 1. The number of rotatable bonds is 4. The number of halogens is 1. The number of benzene rings is 1. The molecule has 2 aromatic rings. The van der Waals surface area contributed by atoms with E-state index < -0.39 is 0 Å². The fourth-order valence-corrected chi connectivity index (χ4v) is 2.71. The Morgan fingerprint density at radius 2 is 2.05 bits per heavy atom. The van der Waals surface area contributed by atoms with Crippen molar-refractivity contribution in [1.82, 2.24) is 5.16 Å². The second-order valence-corrected chi connectivity index (χ2v) is 4.77. The first-order chi connectivity index (χ1) is 9.12. The molecule has 0 aliphatic heterocycles. The van der Waals surface area contributed by atoms with Crippen molar-refractivity contribution in [3.8, 4) is 22.8 Å². The van der Waals surface area contributed by atoms with Crippen molar-refractivity contribution in [2.24, 2.45) is 0 Å². The summed E-state index contributed by atoms with van der Waals surface area (Å²) in [6.45, 7) is 2.04. The average Bonchev–Trinajstić information content (AvgIpc) is 2.83. The Balaban J connectivity index is 2.72. The Hall–Kier alpha value is -1.69. The molecule has 2 N–H and O–H groups in total. The molecule has 0 bridgehead atoms. The fourth-order valence-electron chi connectivity index (χ4n) is 2.06. The summed E-state index contributed by atoms with van der Waals surface area (Å²) in [7, 11) is 3.23. The third-order valence-electron chi connectivity index (χ3n) is 2.86. The van der Waals surface area contributed by atoms with Crippen LogP contribution >= 0.6 is 15.9 Å². The standard InChI is InChI=1S/C13H15BrN2O3/c1-4-7-12(9-6-11(15)19-16-9)8(14)5-10(17-2)13(7)18-3/h5-6H,4,15H2,1-3H3. The number of hydrogen-bond donors (Lipinski definition) is 1. The minimum Gasteiger partial charge on any atom is -0.493 e. The fraction of sp³-hybridized carbons (Fsp3) is 0.308. The summed E-state index contributed by atoms with van der Waals surface area (Å²) in [6.07, 6.45) is 0.765. The summed E-state index contributed by atoms with van der Waals surface area (Å²) < 4.78 is 16.6. The topological polar surface area (TPSA) is 70.5 Å². The van der Waals surface area contributed by atoms with E-state index in [1.807, 2.05) is 13.0 Å². The lowest BCUT2D eigenvalue weighted by Crippen LogP contribution is -1.99. The first kappa shape index (κ1) is 13.7. The molecule has 2 rings (SSSR count). The van der Waals surface area contributed by atoms with Crippen LogP contribution in [0.15, 0.2) is 21.1 Å². The predicted octanol–water partition coefficient (Wildman–Crippen LogP) is 3.27. The number of ether oxygens (including phenoxy) is 2. The first-order valence-corrected chi connectivity index (χ1v) is 6.57. The molecular formula is C13H15BrN2O3. The molecule has 0 saturated carbocycles. The lowest BCUT2D eigenvalue weighted by atomic mass is 10.0. The zero-order valence-corrected chi connectivity index (χ0v) is 12.6. The number of aromatic nitrogens is 1. The molecule has 0 amide bonds. The largest absolute Gasteiger partial charge is 0.493 e. The molecule has 1 aromatic carbocycles. The zero-order chi connectivity index (χ0) is 14.0. The third-order valence-corrected chi connectivity index (χ3v) is 3.48. The van der Waals surface area contributed by atoms with Gasteiger partial charge in [-0.05, 0) is 28.4 Å². The van der Waals surface area contributed by atoms with Crippen molar-refractivity contribution >= 4 is 21.8 Å². The van der Waals surface area contributed by atoms with E-state index in [0.29, 0.717) is 17.2 Å². The summed E-state index contributed by atoms with van der Waals surface area (Å²) in [6, 6.07) is 3.53. The number of methoxy groups -OCH3 is 2. The molecule has 6 heteroatoms. The van der Waals surface area contributed by atoms with Gasteiger partial charge >= 0.3 is 0 Å². The SMILES string of the molecule is CCc1c(OC)c(OC)cc(Br)c1-c1cc(N)on1. The van der Waals surface area contributed by atoms with Crippen LogP contribution in [0.25, 0.3) is 11.3 Å². The zero-order valence-electron chi connectivity index (χ0n) is 11.0. The minimum atomic E-state index is 0.277. The molecule has 0 aliphatic rings. The highest BCUT2D eigenvalue weighted by molar-refractivity contribution is 9.10. The van der Waals surface area contributed by atoms with E-state index in [-0.39, 0.29) is 5.88 Å². The minimum absolute atomic E-state index is 0.277. The Morgan fingerprint density at radius 1 is 1.32 bits per heavy atom. The maximum atomic E-state index is 5.58.